The maximum absolute atomic E-state index is 12.1. The van der Waals surface area contributed by atoms with Crippen LogP contribution in [0.4, 0.5) is 0 Å². The molecule has 33 heavy (non-hydrogen) atoms. The second kappa shape index (κ2) is 21.0. The van der Waals surface area contributed by atoms with Crippen molar-refractivity contribution in [1.29, 1.82) is 0 Å². The van der Waals surface area contributed by atoms with Crippen LogP contribution in [0.15, 0.2) is 24.3 Å². The van der Waals surface area contributed by atoms with Gasteiger partial charge in [0.05, 0.1) is 7.05 Å². The Bertz CT molecular complexity index is 580. The number of unbranched alkanes of at least 4 members (excludes halogenated alkanes) is 10. The zero-order chi connectivity index (χ0) is 24.0. The van der Waals surface area contributed by atoms with Gasteiger partial charge in [0.1, 0.15) is 26.2 Å². The van der Waals surface area contributed by atoms with Crippen molar-refractivity contribution in [1.82, 2.24) is 4.90 Å². The normalized spacial score (nSPS) is 14.3. The van der Waals surface area contributed by atoms with E-state index in [0.29, 0.717) is 13.0 Å². The summed E-state index contributed by atoms with van der Waals surface area (Å²) in [6, 6.07) is 0. The SMILES string of the molecule is CCC=CCCCCCCCC(=O)OCCN1CC[N+](C)=C1CCCCCCCC=CCC. The van der Waals surface area contributed by atoms with E-state index < -0.39 is 0 Å². The predicted molar refractivity (Wildman–Crippen MR) is 142 cm³/mol. The highest BCUT2D eigenvalue weighted by Crippen LogP contribution is 2.12. The minimum absolute atomic E-state index is 0.0243. The Kier molecular flexibility index (Phi) is 18.7. The first-order valence-electron chi connectivity index (χ1n) is 14.0. The molecule has 1 rings (SSSR count). The lowest BCUT2D eigenvalue weighted by Gasteiger charge is -2.13. The second-order valence-corrected chi connectivity index (χ2v) is 9.42. The second-order valence-electron chi connectivity index (χ2n) is 9.42. The number of rotatable bonds is 21. The van der Waals surface area contributed by atoms with Gasteiger partial charge in [-0.05, 0) is 51.4 Å². The molecule has 0 atom stereocenters. The largest absolute Gasteiger partial charge is 0.462 e. The summed E-state index contributed by atoms with van der Waals surface area (Å²) in [5.41, 5.74) is 0. The van der Waals surface area contributed by atoms with Crippen LogP contribution >= 0.6 is 0 Å². The topological polar surface area (TPSA) is 32.5 Å². The summed E-state index contributed by atoms with van der Waals surface area (Å²) >= 11 is 0. The van der Waals surface area contributed by atoms with Crippen molar-refractivity contribution in [2.24, 2.45) is 0 Å². The summed E-state index contributed by atoms with van der Waals surface area (Å²) in [5.74, 6) is 1.41. The molecule has 1 heterocycles. The number of carbonyl (C=O) groups excluding carboxylic acids is 1. The van der Waals surface area contributed by atoms with E-state index in [9.17, 15) is 4.79 Å². The van der Waals surface area contributed by atoms with E-state index in [0.717, 1.165) is 51.7 Å². The van der Waals surface area contributed by atoms with Crippen LogP contribution in [-0.4, -0.2) is 54.6 Å². The molecule has 4 heteroatoms. The lowest BCUT2D eigenvalue weighted by atomic mass is 10.1. The van der Waals surface area contributed by atoms with Gasteiger partial charge in [-0.2, -0.15) is 0 Å². The number of amidine groups is 1. The first-order valence-corrected chi connectivity index (χ1v) is 14.0. The third kappa shape index (κ3) is 15.8. The van der Waals surface area contributed by atoms with Crippen LogP contribution in [0.5, 0.6) is 0 Å². The van der Waals surface area contributed by atoms with Gasteiger partial charge < -0.3 is 4.74 Å². The number of likely N-dealkylation sites (N-methyl/N-ethyl adjacent to an activating group) is 1. The van der Waals surface area contributed by atoms with Gasteiger partial charge in [0.25, 0.3) is 0 Å². The van der Waals surface area contributed by atoms with Gasteiger partial charge >= 0.3 is 5.97 Å². The maximum Gasteiger partial charge on any atom is 0.305 e. The first-order chi connectivity index (χ1) is 16.2. The standard InChI is InChI=1S/C29H53N2O2/c1-4-6-8-10-12-14-16-18-20-22-28-30(3)24-25-31(28)26-27-33-29(32)23-21-19-17-15-13-11-9-7-5-2/h6-9H,4-5,10-27H2,1-3H3/q+1. The van der Waals surface area contributed by atoms with Crippen molar-refractivity contribution in [2.45, 2.75) is 117 Å². The van der Waals surface area contributed by atoms with E-state index in [4.69, 9.17) is 4.74 Å². The van der Waals surface area contributed by atoms with E-state index in [-0.39, 0.29) is 5.97 Å². The lowest BCUT2D eigenvalue weighted by Crippen LogP contribution is -2.32. The van der Waals surface area contributed by atoms with E-state index in [2.05, 4.69) is 54.7 Å². The third-order valence-electron chi connectivity index (χ3n) is 6.46. The molecule has 0 aromatic heterocycles. The lowest BCUT2D eigenvalue weighted by molar-refractivity contribution is -0.487. The molecule has 0 radical (unpaired) electrons. The van der Waals surface area contributed by atoms with Crippen molar-refractivity contribution < 1.29 is 14.1 Å². The molecule has 4 nitrogen and oxygen atoms in total. The number of carbonyl (C=O) groups is 1. The predicted octanol–water partition coefficient (Wildman–Crippen LogP) is 7.28. The summed E-state index contributed by atoms with van der Waals surface area (Å²) in [4.78, 5) is 14.5. The average Bonchev–Trinajstić information content (AvgIpc) is 3.16. The minimum atomic E-state index is -0.0243. The highest BCUT2D eigenvalue weighted by atomic mass is 16.5. The van der Waals surface area contributed by atoms with Crippen molar-refractivity contribution >= 4 is 11.8 Å². The maximum atomic E-state index is 12.1. The Labute approximate surface area is 205 Å². The van der Waals surface area contributed by atoms with Crippen LogP contribution in [0.2, 0.25) is 0 Å². The van der Waals surface area contributed by atoms with Crippen LogP contribution < -0.4 is 0 Å². The molecule has 0 unspecified atom stereocenters. The molecule has 0 spiro atoms. The van der Waals surface area contributed by atoms with E-state index in [1.165, 1.54) is 70.0 Å². The number of hydrogen-bond acceptors (Lipinski definition) is 3. The molecule has 0 aromatic rings. The van der Waals surface area contributed by atoms with Crippen LogP contribution in [0.1, 0.15) is 117 Å². The molecule has 0 aromatic carbocycles. The molecule has 0 fully saturated rings. The Morgan fingerprint density at radius 3 is 2.06 bits per heavy atom. The molecule has 1 aliphatic heterocycles. The molecule has 0 saturated carbocycles. The van der Waals surface area contributed by atoms with Gasteiger partial charge in [-0.15, -0.1) is 0 Å². The molecule has 0 amide bonds. The minimum Gasteiger partial charge on any atom is -0.462 e. The van der Waals surface area contributed by atoms with Crippen LogP contribution in [0, 0.1) is 0 Å². The van der Waals surface area contributed by atoms with Gasteiger partial charge in [0, 0.05) is 12.8 Å². The van der Waals surface area contributed by atoms with Crippen molar-refractivity contribution in [2.75, 3.05) is 33.3 Å². The van der Waals surface area contributed by atoms with Crippen LogP contribution in [-0.2, 0) is 9.53 Å². The monoisotopic (exact) mass is 461 g/mol. The summed E-state index contributed by atoms with van der Waals surface area (Å²) in [7, 11) is 2.20. The van der Waals surface area contributed by atoms with E-state index >= 15 is 0 Å². The number of nitrogens with zero attached hydrogens (tertiary/aromatic N) is 2. The number of esters is 1. The quantitative estimate of drug-likeness (QED) is 0.0779. The van der Waals surface area contributed by atoms with Crippen LogP contribution in [0.3, 0.4) is 0 Å². The highest BCUT2D eigenvalue weighted by molar-refractivity contribution is 5.78. The van der Waals surface area contributed by atoms with Gasteiger partial charge in [-0.25, -0.2) is 0 Å². The fourth-order valence-corrected chi connectivity index (χ4v) is 4.41. The molecule has 190 valence electrons. The number of ether oxygens (including phenoxy) is 1. The average molecular weight is 462 g/mol. The Hall–Kier alpha value is -1.58. The fraction of sp³-hybridized carbons (Fsp3) is 0.793. The number of hydrogen-bond donors (Lipinski definition) is 0. The summed E-state index contributed by atoms with van der Waals surface area (Å²) in [5, 5.41) is 0. The Balaban J connectivity index is 2.05. The van der Waals surface area contributed by atoms with Crippen molar-refractivity contribution in [3.8, 4) is 0 Å². The fourth-order valence-electron chi connectivity index (χ4n) is 4.41. The summed E-state index contributed by atoms with van der Waals surface area (Å²) in [6.07, 6.45) is 28.0. The van der Waals surface area contributed by atoms with Gasteiger partial charge in [0.2, 0.25) is 5.84 Å². The third-order valence-corrected chi connectivity index (χ3v) is 6.46. The highest BCUT2D eigenvalue weighted by Gasteiger charge is 2.27. The van der Waals surface area contributed by atoms with Crippen molar-refractivity contribution in [3.05, 3.63) is 24.3 Å². The summed E-state index contributed by atoms with van der Waals surface area (Å²) < 4.78 is 7.91. The van der Waals surface area contributed by atoms with E-state index in [1.54, 1.807) is 0 Å². The zero-order valence-corrected chi connectivity index (χ0v) is 22.2. The van der Waals surface area contributed by atoms with Crippen molar-refractivity contribution in [3.63, 3.8) is 0 Å². The molecule has 0 aliphatic carbocycles. The zero-order valence-electron chi connectivity index (χ0n) is 22.2. The molecule has 0 saturated heterocycles. The first kappa shape index (κ1) is 29.5. The van der Waals surface area contributed by atoms with Gasteiger partial charge in [-0.1, -0.05) is 76.7 Å². The molecule has 0 N–H and O–H groups in total. The van der Waals surface area contributed by atoms with Gasteiger partial charge in [0.15, 0.2) is 0 Å². The summed E-state index contributed by atoms with van der Waals surface area (Å²) in [6.45, 7) is 7.86. The Morgan fingerprint density at radius 2 is 1.42 bits per heavy atom. The molecular formula is C29H53N2O2+. The van der Waals surface area contributed by atoms with Crippen LogP contribution in [0.25, 0.3) is 0 Å². The van der Waals surface area contributed by atoms with Gasteiger partial charge in [-0.3, -0.25) is 14.3 Å². The molecule has 1 aliphatic rings. The Morgan fingerprint density at radius 1 is 0.848 bits per heavy atom. The smallest absolute Gasteiger partial charge is 0.305 e. The molecular weight excluding hydrogens is 408 g/mol. The molecule has 0 bridgehead atoms. The number of allylic oxidation sites excluding steroid dienone is 4. The van der Waals surface area contributed by atoms with E-state index in [1.807, 2.05) is 0 Å².